The van der Waals surface area contributed by atoms with Crippen LogP contribution in [0.25, 0.3) is 0 Å². The van der Waals surface area contributed by atoms with Crippen molar-refractivity contribution in [2.24, 2.45) is 0 Å². The lowest BCUT2D eigenvalue weighted by Crippen LogP contribution is -2.39. The molecule has 2 aliphatic heterocycles. The van der Waals surface area contributed by atoms with E-state index in [0.29, 0.717) is 18.3 Å². The Morgan fingerprint density at radius 3 is 2.45 bits per heavy atom. The monoisotopic (exact) mass is 418 g/mol. The molecule has 7 nitrogen and oxygen atoms in total. The number of sulfonamides is 1. The molecular weight excluding hydrogens is 388 g/mol. The van der Waals surface area contributed by atoms with Gasteiger partial charge in [-0.25, -0.2) is 8.42 Å². The van der Waals surface area contributed by atoms with Crippen LogP contribution in [0.1, 0.15) is 68.3 Å². The van der Waals surface area contributed by atoms with Crippen LogP contribution in [0.5, 0.6) is 0 Å². The summed E-state index contributed by atoms with van der Waals surface area (Å²) in [5.41, 5.74) is 1.33. The van der Waals surface area contributed by atoms with Crippen molar-refractivity contribution in [3.8, 4) is 0 Å². The molecule has 0 N–H and O–H groups in total. The van der Waals surface area contributed by atoms with Crippen molar-refractivity contribution in [2.45, 2.75) is 57.5 Å². The number of nitrogens with zero attached hydrogens (tertiary/aromatic N) is 4. The molecule has 3 heterocycles. The maximum Gasteiger partial charge on any atom is 0.234 e. The summed E-state index contributed by atoms with van der Waals surface area (Å²) >= 11 is 0. The Morgan fingerprint density at radius 1 is 1.00 bits per heavy atom. The average molecular weight is 419 g/mol. The number of likely N-dealkylation sites (tertiary alicyclic amines) is 1. The van der Waals surface area contributed by atoms with E-state index in [9.17, 15) is 8.42 Å². The van der Waals surface area contributed by atoms with Gasteiger partial charge < -0.3 is 4.42 Å². The van der Waals surface area contributed by atoms with E-state index in [1.807, 2.05) is 6.07 Å². The van der Waals surface area contributed by atoms with Crippen molar-refractivity contribution in [2.75, 3.05) is 25.4 Å². The summed E-state index contributed by atoms with van der Waals surface area (Å²) < 4.78 is 32.5. The highest BCUT2D eigenvalue weighted by atomic mass is 32.2. The van der Waals surface area contributed by atoms with E-state index in [1.54, 1.807) is 11.2 Å². The fourth-order valence-electron chi connectivity index (χ4n) is 4.38. The molecule has 0 aliphatic carbocycles. The number of benzene rings is 1. The van der Waals surface area contributed by atoms with Gasteiger partial charge in [0.1, 0.15) is 6.04 Å². The van der Waals surface area contributed by atoms with Gasteiger partial charge in [-0.2, -0.15) is 4.31 Å². The van der Waals surface area contributed by atoms with Crippen molar-refractivity contribution >= 4 is 10.0 Å². The summed E-state index contributed by atoms with van der Waals surface area (Å²) in [4.78, 5) is 2.46. The Bertz CT molecular complexity index is 892. The first kappa shape index (κ1) is 20.5. The van der Waals surface area contributed by atoms with Crippen LogP contribution in [0.2, 0.25) is 0 Å². The molecule has 1 aromatic heterocycles. The number of rotatable bonds is 6. The van der Waals surface area contributed by atoms with Gasteiger partial charge in [0.25, 0.3) is 0 Å². The molecule has 2 fully saturated rings. The minimum atomic E-state index is -3.27. The van der Waals surface area contributed by atoms with Gasteiger partial charge >= 0.3 is 0 Å². The van der Waals surface area contributed by atoms with Gasteiger partial charge in [0.15, 0.2) is 0 Å². The second-order valence-electron chi connectivity index (χ2n) is 8.04. The second-order valence-corrected chi connectivity index (χ2v) is 10.2. The Labute approximate surface area is 173 Å². The van der Waals surface area contributed by atoms with Gasteiger partial charge in [-0.05, 0) is 51.3 Å². The standard InChI is InChI=1S/C21H30N4O3S/c1-2-29(26,27)25-13-7-6-10-19(25)21-23-22-20(28-21)18-11-14-24(15-12-18)16-17-8-4-3-5-9-17/h3-5,8-9,18-19H,2,6-7,10-16H2,1H3/t19-/m0/s1. The van der Waals surface area contributed by atoms with Crippen LogP contribution in [-0.4, -0.2) is 53.2 Å². The number of aromatic nitrogens is 2. The largest absolute Gasteiger partial charge is 0.423 e. The number of piperidine rings is 2. The highest BCUT2D eigenvalue weighted by Crippen LogP contribution is 2.35. The van der Waals surface area contributed by atoms with Crippen LogP contribution in [0.15, 0.2) is 34.7 Å². The lowest BCUT2D eigenvalue weighted by atomic mass is 9.96. The first-order valence-electron chi connectivity index (χ1n) is 10.7. The van der Waals surface area contributed by atoms with Crippen molar-refractivity contribution < 1.29 is 12.8 Å². The van der Waals surface area contributed by atoms with Crippen molar-refractivity contribution in [1.82, 2.24) is 19.4 Å². The van der Waals surface area contributed by atoms with Crippen LogP contribution in [-0.2, 0) is 16.6 Å². The molecule has 0 radical (unpaired) electrons. The van der Waals surface area contributed by atoms with E-state index in [4.69, 9.17) is 4.42 Å². The molecule has 0 unspecified atom stereocenters. The van der Waals surface area contributed by atoms with Crippen molar-refractivity contribution in [3.05, 3.63) is 47.7 Å². The third-order valence-electron chi connectivity index (χ3n) is 6.10. The average Bonchev–Trinajstić information content (AvgIpc) is 3.25. The van der Waals surface area contributed by atoms with E-state index in [1.165, 1.54) is 5.56 Å². The Morgan fingerprint density at radius 2 is 1.72 bits per heavy atom. The highest BCUT2D eigenvalue weighted by Gasteiger charge is 2.36. The van der Waals surface area contributed by atoms with E-state index < -0.39 is 10.0 Å². The summed E-state index contributed by atoms with van der Waals surface area (Å²) in [6.07, 6.45) is 4.58. The van der Waals surface area contributed by atoms with Crippen LogP contribution in [0.4, 0.5) is 0 Å². The Hall–Kier alpha value is -1.77. The summed E-state index contributed by atoms with van der Waals surface area (Å²) in [5.74, 6) is 1.48. The number of hydrogen-bond donors (Lipinski definition) is 0. The molecule has 0 spiro atoms. The molecule has 29 heavy (non-hydrogen) atoms. The Kier molecular flexibility index (Phi) is 6.32. The van der Waals surface area contributed by atoms with Gasteiger partial charge in [-0.1, -0.05) is 36.8 Å². The zero-order chi connectivity index (χ0) is 20.3. The molecule has 4 rings (SSSR count). The lowest BCUT2D eigenvalue weighted by Gasteiger charge is -2.32. The first-order chi connectivity index (χ1) is 14.1. The van der Waals surface area contributed by atoms with Crippen molar-refractivity contribution in [3.63, 3.8) is 0 Å². The molecule has 1 aromatic carbocycles. The lowest BCUT2D eigenvalue weighted by molar-refractivity contribution is 0.184. The summed E-state index contributed by atoms with van der Waals surface area (Å²) in [6, 6.07) is 10.2. The quantitative estimate of drug-likeness (QED) is 0.716. The zero-order valence-corrected chi connectivity index (χ0v) is 17.9. The molecule has 0 saturated carbocycles. The molecule has 0 bridgehead atoms. The summed E-state index contributed by atoms with van der Waals surface area (Å²) in [5, 5.41) is 8.57. The minimum absolute atomic E-state index is 0.102. The normalized spacial score (nSPS) is 22.7. The molecule has 0 amide bonds. The highest BCUT2D eigenvalue weighted by molar-refractivity contribution is 7.89. The fraction of sp³-hybridized carbons (Fsp3) is 0.619. The molecule has 2 aromatic rings. The maximum absolute atomic E-state index is 12.5. The van der Waals surface area contributed by atoms with E-state index in [0.717, 1.165) is 51.7 Å². The van der Waals surface area contributed by atoms with E-state index >= 15 is 0 Å². The predicted octanol–water partition coefficient (Wildman–Crippen LogP) is 3.33. The zero-order valence-electron chi connectivity index (χ0n) is 17.0. The predicted molar refractivity (Wildman–Crippen MR) is 111 cm³/mol. The van der Waals surface area contributed by atoms with E-state index in [-0.39, 0.29) is 17.7 Å². The van der Waals surface area contributed by atoms with Gasteiger partial charge in [0.05, 0.1) is 5.75 Å². The number of hydrogen-bond acceptors (Lipinski definition) is 6. The van der Waals surface area contributed by atoms with Gasteiger partial charge in [0, 0.05) is 19.0 Å². The molecule has 2 aliphatic rings. The fourth-order valence-corrected chi connectivity index (χ4v) is 5.70. The second kappa shape index (κ2) is 8.93. The smallest absolute Gasteiger partial charge is 0.234 e. The molecular formula is C21H30N4O3S. The van der Waals surface area contributed by atoms with Gasteiger partial charge in [-0.15, -0.1) is 10.2 Å². The Balaban J connectivity index is 1.39. The topological polar surface area (TPSA) is 79.5 Å². The molecule has 8 heteroatoms. The van der Waals surface area contributed by atoms with Crippen LogP contribution < -0.4 is 0 Å². The SMILES string of the molecule is CCS(=O)(=O)N1CCCC[C@H]1c1nnc(C2CCN(Cc3ccccc3)CC2)o1. The third-order valence-corrected chi connectivity index (χ3v) is 7.98. The summed E-state index contributed by atoms with van der Waals surface area (Å²) in [6.45, 7) is 5.18. The third kappa shape index (κ3) is 4.70. The minimum Gasteiger partial charge on any atom is -0.423 e. The van der Waals surface area contributed by atoms with Gasteiger partial charge in [0.2, 0.25) is 21.8 Å². The molecule has 2 saturated heterocycles. The molecule has 158 valence electrons. The van der Waals surface area contributed by atoms with Crippen LogP contribution in [0.3, 0.4) is 0 Å². The molecule has 1 atom stereocenters. The maximum atomic E-state index is 12.5. The van der Waals surface area contributed by atoms with Crippen LogP contribution in [0, 0.1) is 0 Å². The van der Waals surface area contributed by atoms with E-state index in [2.05, 4.69) is 39.4 Å². The van der Waals surface area contributed by atoms with Crippen molar-refractivity contribution in [1.29, 1.82) is 0 Å². The summed E-state index contributed by atoms with van der Waals surface area (Å²) in [7, 11) is -3.27. The first-order valence-corrected chi connectivity index (χ1v) is 12.3. The van der Waals surface area contributed by atoms with Gasteiger partial charge in [-0.3, -0.25) is 4.90 Å². The van der Waals surface area contributed by atoms with Crippen LogP contribution >= 0.6 is 0 Å².